The van der Waals surface area contributed by atoms with Gasteiger partial charge in [0.25, 0.3) is 0 Å². The molecule has 18 heavy (non-hydrogen) atoms. The topological polar surface area (TPSA) is 45.4 Å². The van der Waals surface area contributed by atoms with Gasteiger partial charge in [0.15, 0.2) is 0 Å². The lowest BCUT2D eigenvalue weighted by Crippen LogP contribution is -2.52. The highest BCUT2D eigenvalue weighted by Gasteiger charge is 2.24. The highest BCUT2D eigenvalue weighted by molar-refractivity contribution is 6.33. The number of aromatic nitrogens is 1. The smallest absolute Gasteiger partial charge is 0.147 e. The Bertz CT molecular complexity index is 410. The van der Waals surface area contributed by atoms with Gasteiger partial charge in [-0.05, 0) is 25.1 Å². The Labute approximate surface area is 114 Å². The molecule has 2 rings (SSSR count). The molecular weight excluding hydrogens is 248 g/mol. The maximum atomic E-state index is 6.36. The molecule has 0 spiro atoms. The van der Waals surface area contributed by atoms with Crippen LogP contribution in [-0.4, -0.2) is 42.1 Å². The molecule has 0 saturated carbocycles. The average molecular weight is 269 g/mol. The maximum Gasteiger partial charge on any atom is 0.147 e. The fourth-order valence-corrected chi connectivity index (χ4v) is 2.82. The number of nitrogens with zero attached hydrogens (tertiary/aromatic N) is 3. The zero-order valence-corrected chi connectivity index (χ0v) is 11.8. The molecule has 100 valence electrons. The molecule has 4 nitrogen and oxygen atoms in total. The first-order valence-corrected chi connectivity index (χ1v) is 6.87. The third-order valence-electron chi connectivity index (χ3n) is 3.64. The molecule has 1 aromatic heterocycles. The van der Waals surface area contributed by atoms with E-state index in [1.54, 1.807) is 6.20 Å². The predicted molar refractivity (Wildman–Crippen MR) is 76.1 cm³/mol. The number of hydrogen-bond acceptors (Lipinski definition) is 4. The van der Waals surface area contributed by atoms with E-state index in [-0.39, 0.29) is 0 Å². The minimum atomic E-state index is 0.457. The van der Waals surface area contributed by atoms with Gasteiger partial charge in [0, 0.05) is 38.4 Å². The van der Waals surface area contributed by atoms with Gasteiger partial charge >= 0.3 is 0 Å². The largest absolute Gasteiger partial charge is 0.353 e. The fraction of sp³-hybridized carbons (Fsp3) is 0.615. The number of rotatable bonds is 3. The summed E-state index contributed by atoms with van der Waals surface area (Å²) in [5.74, 6) is 0.877. The Morgan fingerprint density at radius 2 is 2.28 bits per heavy atom. The molecule has 1 unspecified atom stereocenters. The average Bonchev–Trinajstić information content (AvgIpc) is 2.39. The van der Waals surface area contributed by atoms with E-state index in [0.29, 0.717) is 17.6 Å². The lowest BCUT2D eigenvalue weighted by molar-refractivity contribution is 0.199. The van der Waals surface area contributed by atoms with E-state index in [0.717, 1.165) is 37.6 Å². The van der Waals surface area contributed by atoms with Crippen molar-refractivity contribution in [2.75, 3.05) is 31.1 Å². The van der Waals surface area contributed by atoms with Gasteiger partial charge in [0.2, 0.25) is 0 Å². The summed E-state index contributed by atoms with van der Waals surface area (Å²) in [6.45, 7) is 9.00. The van der Waals surface area contributed by atoms with Crippen LogP contribution < -0.4 is 10.6 Å². The van der Waals surface area contributed by atoms with Crippen LogP contribution in [0.15, 0.2) is 12.3 Å². The summed E-state index contributed by atoms with van der Waals surface area (Å²) >= 11 is 6.36. The molecule has 0 amide bonds. The first-order chi connectivity index (χ1) is 8.67. The van der Waals surface area contributed by atoms with Gasteiger partial charge in [-0.15, -0.1) is 0 Å². The molecule has 1 saturated heterocycles. The van der Waals surface area contributed by atoms with Gasteiger partial charge in [-0.2, -0.15) is 0 Å². The third-order valence-corrected chi connectivity index (χ3v) is 4.05. The molecule has 1 fully saturated rings. The zero-order valence-electron chi connectivity index (χ0n) is 11.1. The number of nitrogens with two attached hydrogens (primary N) is 1. The van der Waals surface area contributed by atoms with Crippen LogP contribution in [0.2, 0.25) is 5.02 Å². The highest BCUT2D eigenvalue weighted by atomic mass is 35.5. The van der Waals surface area contributed by atoms with E-state index in [1.807, 2.05) is 6.07 Å². The Hall–Kier alpha value is -0.840. The van der Waals surface area contributed by atoms with Crippen LogP contribution in [-0.2, 0) is 6.54 Å². The minimum absolute atomic E-state index is 0.457. The van der Waals surface area contributed by atoms with Crippen molar-refractivity contribution in [2.24, 2.45) is 5.73 Å². The summed E-state index contributed by atoms with van der Waals surface area (Å²) in [5.41, 5.74) is 6.65. The molecule has 0 radical (unpaired) electrons. The van der Waals surface area contributed by atoms with Crippen LogP contribution in [0, 0.1) is 0 Å². The van der Waals surface area contributed by atoms with Crippen molar-refractivity contribution in [3.05, 3.63) is 22.8 Å². The van der Waals surface area contributed by atoms with E-state index >= 15 is 0 Å². The van der Waals surface area contributed by atoms with Gasteiger partial charge in [0.05, 0.1) is 5.02 Å². The molecule has 0 aliphatic carbocycles. The quantitative estimate of drug-likeness (QED) is 0.907. The summed E-state index contributed by atoms with van der Waals surface area (Å²) in [7, 11) is 0. The molecule has 5 heteroatoms. The highest BCUT2D eigenvalue weighted by Crippen LogP contribution is 2.28. The van der Waals surface area contributed by atoms with Crippen LogP contribution in [0.3, 0.4) is 0 Å². The van der Waals surface area contributed by atoms with Crippen molar-refractivity contribution in [3.63, 3.8) is 0 Å². The second-order valence-corrected chi connectivity index (χ2v) is 5.11. The first kappa shape index (κ1) is 13.6. The van der Waals surface area contributed by atoms with Crippen LogP contribution in [0.5, 0.6) is 0 Å². The predicted octanol–water partition coefficient (Wildman–Crippen LogP) is 1.72. The van der Waals surface area contributed by atoms with Crippen LogP contribution in [0.25, 0.3) is 0 Å². The molecule has 2 N–H and O–H groups in total. The summed E-state index contributed by atoms with van der Waals surface area (Å²) in [4.78, 5) is 9.15. The molecule has 0 aromatic carbocycles. The second-order valence-electron chi connectivity index (χ2n) is 4.74. The number of likely N-dealkylation sites (N-methyl/N-ethyl adjacent to an activating group) is 1. The molecule has 1 atom stereocenters. The first-order valence-electron chi connectivity index (χ1n) is 6.49. The number of halogens is 1. The SMILES string of the molecule is CCN1CCN(c2nccc(CN)c2Cl)CC1C. The summed E-state index contributed by atoms with van der Waals surface area (Å²) in [5, 5.41) is 0.706. The molecule has 1 aliphatic rings. The summed E-state index contributed by atoms with van der Waals surface area (Å²) in [6.07, 6.45) is 1.79. The Balaban J connectivity index is 2.18. The van der Waals surface area contributed by atoms with Crippen molar-refractivity contribution < 1.29 is 0 Å². The fourth-order valence-electron chi connectivity index (χ4n) is 2.51. The van der Waals surface area contributed by atoms with Gasteiger partial charge in [-0.25, -0.2) is 4.98 Å². The van der Waals surface area contributed by atoms with Gasteiger partial charge in [0.1, 0.15) is 5.82 Å². The second kappa shape index (κ2) is 5.87. The molecule has 2 heterocycles. The Morgan fingerprint density at radius 3 is 2.89 bits per heavy atom. The van der Waals surface area contributed by atoms with Crippen molar-refractivity contribution in [3.8, 4) is 0 Å². The molecule has 0 bridgehead atoms. The van der Waals surface area contributed by atoms with Crippen molar-refractivity contribution in [2.45, 2.75) is 26.4 Å². The van der Waals surface area contributed by atoms with E-state index in [4.69, 9.17) is 17.3 Å². The number of piperazine rings is 1. The molecule has 1 aliphatic heterocycles. The lowest BCUT2D eigenvalue weighted by Gasteiger charge is -2.40. The normalized spacial score (nSPS) is 21.3. The maximum absolute atomic E-state index is 6.36. The number of anilines is 1. The molecular formula is C13H21ClN4. The summed E-state index contributed by atoms with van der Waals surface area (Å²) in [6, 6.07) is 2.42. The number of pyridine rings is 1. The minimum Gasteiger partial charge on any atom is -0.353 e. The van der Waals surface area contributed by atoms with Gasteiger partial charge in [-0.3, -0.25) is 4.90 Å². The lowest BCUT2D eigenvalue weighted by atomic mass is 10.1. The third kappa shape index (κ3) is 2.60. The van der Waals surface area contributed by atoms with Crippen molar-refractivity contribution in [1.82, 2.24) is 9.88 Å². The Morgan fingerprint density at radius 1 is 1.50 bits per heavy atom. The summed E-state index contributed by atoms with van der Waals surface area (Å²) < 4.78 is 0. The van der Waals surface area contributed by atoms with Gasteiger partial charge < -0.3 is 10.6 Å². The van der Waals surface area contributed by atoms with Crippen LogP contribution in [0.4, 0.5) is 5.82 Å². The van der Waals surface area contributed by atoms with Crippen molar-refractivity contribution >= 4 is 17.4 Å². The van der Waals surface area contributed by atoms with E-state index < -0.39 is 0 Å². The standard InChI is InChI=1S/C13H21ClN4/c1-3-17-6-7-18(9-10(17)2)13-12(14)11(8-15)4-5-16-13/h4-5,10H,3,6-9,15H2,1-2H3. The van der Waals surface area contributed by atoms with E-state index in [9.17, 15) is 0 Å². The van der Waals surface area contributed by atoms with E-state index in [1.165, 1.54) is 0 Å². The van der Waals surface area contributed by atoms with Gasteiger partial charge in [-0.1, -0.05) is 18.5 Å². The van der Waals surface area contributed by atoms with Crippen LogP contribution in [0.1, 0.15) is 19.4 Å². The monoisotopic (exact) mass is 268 g/mol. The Kier molecular flexibility index (Phi) is 4.43. The van der Waals surface area contributed by atoms with Crippen molar-refractivity contribution in [1.29, 1.82) is 0 Å². The zero-order chi connectivity index (χ0) is 13.1. The number of hydrogen-bond donors (Lipinski definition) is 1. The molecule has 1 aromatic rings. The van der Waals surface area contributed by atoms with Crippen LogP contribution >= 0.6 is 11.6 Å². The van der Waals surface area contributed by atoms with E-state index in [2.05, 4.69) is 28.6 Å².